The Labute approximate surface area is 150 Å². The van der Waals surface area contributed by atoms with Crippen LogP contribution in [0.1, 0.15) is 38.5 Å². The van der Waals surface area contributed by atoms with Crippen molar-refractivity contribution in [1.29, 1.82) is 0 Å². The third-order valence-corrected chi connectivity index (χ3v) is 6.21. The Hall–Kier alpha value is -1.48. The van der Waals surface area contributed by atoms with E-state index in [1.54, 1.807) is 0 Å². The van der Waals surface area contributed by atoms with Gasteiger partial charge in [-0.25, -0.2) is 0 Å². The number of carbonyl (C=O) groups excluding carboxylic acids is 1. The highest BCUT2D eigenvalue weighted by Crippen LogP contribution is 2.60. The molecule has 3 fully saturated rings. The highest BCUT2D eigenvalue weighted by atomic mass is 19.4. The van der Waals surface area contributed by atoms with Crippen molar-refractivity contribution in [3.8, 4) is 0 Å². The molecule has 4 aliphatic rings. The lowest BCUT2D eigenvalue weighted by Gasteiger charge is -2.57. The van der Waals surface area contributed by atoms with Gasteiger partial charge in [0.1, 0.15) is 0 Å². The molecule has 0 bridgehead atoms. The van der Waals surface area contributed by atoms with Gasteiger partial charge in [-0.2, -0.15) is 18.7 Å². The first-order chi connectivity index (χ1) is 12.3. The first-order valence-corrected chi connectivity index (χ1v) is 9.27. The zero-order chi connectivity index (χ0) is 18.4. The van der Waals surface area contributed by atoms with Crippen LogP contribution in [0.3, 0.4) is 0 Å². The zero-order valence-electron chi connectivity index (χ0n) is 14.6. The number of hydrazine groups is 2. The standard InChI is InChI=1S/C17H25F3N4O2/c18-17(19,20)2-4-26-13-7-16(8-13)5-12(6-16)15(25)24-3-1-11(10-24)14-9-21-23-22-14/h9,11-13,21-23H,1-8,10H2/t11-,12?,13?,16?/m1/s1. The number of carbonyl (C=O) groups is 1. The van der Waals surface area contributed by atoms with E-state index in [2.05, 4.69) is 16.4 Å². The number of hydrogen-bond acceptors (Lipinski definition) is 5. The normalized spacial score (nSPS) is 36.2. The first-order valence-electron chi connectivity index (χ1n) is 9.27. The van der Waals surface area contributed by atoms with E-state index in [4.69, 9.17) is 4.74 Å². The minimum Gasteiger partial charge on any atom is -0.378 e. The van der Waals surface area contributed by atoms with E-state index in [-0.39, 0.29) is 30.0 Å². The highest BCUT2D eigenvalue weighted by Gasteiger charge is 2.56. The van der Waals surface area contributed by atoms with E-state index in [1.807, 2.05) is 11.1 Å². The minimum atomic E-state index is -4.15. The van der Waals surface area contributed by atoms with Crippen LogP contribution in [-0.2, 0) is 9.53 Å². The molecule has 2 aliphatic carbocycles. The van der Waals surface area contributed by atoms with Gasteiger partial charge >= 0.3 is 6.18 Å². The van der Waals surface area contributed by atoms with Crippen LogP contribution >= 0.6 is 0 Å². The summed E-state index contributed by atoms with van der Waals surface area (Å²) in [5.41, 5.74) is 10.00. The van der Waals surface area contributed by atoms with E-state index in [0.717, 1.165) is 50.9 Å². The summed E-state index contributed by atoms with van der Waals surface area (Å²) in [7, 11) is 0. The van der Waals surface area contributed by atoms with Gasteiger partial charge in [0.15, 0.2) is 0 Å². The van der Waals surface area contributed by atoms with Crippen LogP contribution < -0.4 is 16.4 Å². The molecule has 1 amide bonds. The SMILES string of the molecule is O=C(C1CC2(CC(OCCC(F)(F)F)C2)C1)N1CC[C@@H](C2=CNNN2)C1. The van der Waals surface area contributed by atoms with E-state index >= 15 is 0 Å². The number of ether oxygens (including phenoxy) is 1. The quantitative estimate of drug-likeness (QED) is 0.685. The van der Waals surface area contributed by atoms with Crippen LogP contribution in [0.4, 0.5) is 13.2 Å². The third-order valence-electron chi connectivity index (χ3n) is 6.21. The van der Waals surface area contributed by atoms with E-state index in [1.165, 1.54) is 0 Å². The molecule has 146 valence electrons. The van der Waals surface area contributed by atoms with Gasteiger partial charge in [-0.05, 0) is 37.5 Å². The van der Waals surface area contributed by atoms with Crippen molar-refractivity contribution < 1.29 is 22.7 Å². The predicted molar refractivity (Wildman–Crippen MR) is 87.0 cm³/mol. The molecule has 2 heterocycles. The molecule has 0 radical (unpaired) electrons. The second-order valence-corrected chi connectivity index (χ2v) is 8.14. The molecule has 1 atom stereocenters. The van der Waals surface area contributed by atoms with Crippen molar-refractivity contribution in [1.82, 2.24) is 21.3 Å². The van der Waals surface area contributed by atoms with E-state index < -0.39 is 12.6 Å². The van der Waals surface area contributed by atoms with Crippen molar-refractivity contribution in [3.05, 3.63) is 11.9 Å². The molecule has 3 N–H and O–H groups in total. The molecule has 6 nitrogen and oxygen atoms in total. The maximum absolute atomic E-state index is 12.7. The number of rotatable bonds is 5. The van der Waals surface area contributed by atoms with Crippen LogP contribution in [0.5, 0.6) is 0 Å². The topological polar surface area (TPSA) is 65.6 Å². The van der Waals surface area contributed by atoms with E-state index in [0.29, 0.717) is 5.92 Å². The Morgan fingerprint density at radius 3 is 2.73 bits per heavy atom. The van der Waals surface area contributed by atoms with Crippen molar-refractivity contribution in [3.63, 3.8) is 0 Å². The van der Waals surface area contributed by atoms with Crippen molar-refractivity contribution in [2.45, 2.75) is 50.8 Å². The molecule has 1 spiro atoms. The molecule has 0 aromatic carbocycles. The fourth-order valence-corrected chi connectivity index (χ4v) is 4.81. The Bertz CT molecular complexity index is 581. The smallest absolute Gasteiger partial charge is 0.378 e. The Morgan fingerprint density at radius 1 is 1.31 bits per heavy atom. The maximum Gasteiger partial charge on any atom is 0.391 e. The monoisotopic (exact) mass is 374 g/mol. The molecule has 9 heteroatoms. The average molecular weight is 374 g/mol. The molecular formula is C17H25F3N4O2. The Kier molecular flexibility index (Phi) is 4.54. The highest BCUT2D eigenvalue weighted by molar-refractivity contribution is 5.80. The predicted octanol–water partition coefficient (Wildman–Crippen LogP) is 1.82. The van der Waals surface area contributed by atoms with Gasteiger partial charge in [0, 0.05) is 36.8 Å². The molecule has 0 unspecified atom stereocenters. The third kappa shape index (κ3) is 3.64. The molecule has 26 heavy (non-hydrogen) atoms. The van der Waals surface area contributed by atoms with Crippen LogP contribution in [-0.4, -0.2) is 42.8 Å². The number of amides is 1. The van der Waals surface area contributed by atoms with Gasteiger partial charge < -0.3 is 20.5 Å². The molecule has 1 saturated heterocycles. The molecule has 2 aliphatic heterocycles. The molecular weight excluding hydrogens is 349 g/mol. The molecule has 2 saturated carbocycles. The lowest BCUT2D eigenvalue weighted by Crippen LogP contribution is -2.55. The van der Waals surface area contributed by atoms with Gasteiger partial charge in [-0.1, -0.05) is 0 Å². The number of halogens is 3. The molecule has 0 aromatic rings. The number of likely N-dealkylation sites (tertiary alicyclic amines) is 1. The largest absolute Gasteiger partial charge is 0.391 e. The van der Waals surface area contributed by atoms with E-state index in [9.17, 15) is 18.0 Å². The van der Waals surface area contributed by atoms with Crippen molar-refractivity contribution >= 4 is 5.91 Å². The van der Waals surface area contributed by atoms with Crippen LogP contribution in [0.25, 0.3) is 0 Å². The van der Waals surface area contributed by atoms with Crippen LogP contribution in [0.15, 0.2) is 11.9 Å². The number of hydrogen-bond donors (Lipinski definition) is 3. The summed E-state index contributed by atoms with van der Waals surface area (Å²) in [6.45, 7) is 1.28. The summed E-state index contributed by atoms with van der Waals surface area (Å²) in [6, 6.07) is 0. The summed E-state index contributed by atoms with van der Waals surface area (Å²) in [5, 5.41) is 0. The van der Waals surface area contributed by atoms with Gasteiger partial charge in [-0.15, -0.1) is 0 Å². The summed E-state index contributed by atoms with van der Waals surface area (Å²) < 4.78 is 41.7. The summed E-state index contributed by atoms with van der Waals surface area (Å²) in [5.74, 6) is 0.649. The summed E-state index contributed by atoms with van der Waals surface area (Å²) in [6.07, 6.45) is 1.06. The maximum atomic E-state index is 12.7. The second-order valence-electron chi connectivity index (χ2n) is 8.14. The molecule has 4 rings (SSSR count). The molecule has 0 aromatic heterocycles. The zero-order valence-corrected chi connectivity index (χ0v) is 14.6. The lowest BCUT2D eigenvalue weighted by molar-refractivity contribution is -0.180. The Morgan fingerprint density at radius 2 is 2.08 bits per heavy atom. The fraction of sp³-hybridized carbons (Fsp3) is 0.824. The van der Waals surface area contributed by atoms with Gasteiger partial charge in [0.25, 0.3) is 0 Å². The second kappa shape index (κ2) is 6.60. The van der Waals surface area contributed by atoms with Gasteiger partial charge in [0.2, 0.25) is 5.91 Å². The summed E-state index contributed by atoms with van der Waals surface area (Å²) in [4.78, 5) is 14.6. The average Bonchev–Trinajstić information content (AvgIpc) is 3.15. The lowest BCUT2D eigenvalue weighted by atomic mass is 9.50. The van der Waals surface area contributed by atoms with Crippen LogP contribution in [0, 0.1) is 17.3 Å². The Balaban J connectivity index is 1.16. The van der Waals surface area contributed by atoms with Crippen molar-refractivity contribution in [2.75, 3.05) is 19.7 Å². The first kappa shape index (κ1) is 17.9. The summed E-state index contributed by atoms with van der Waals surface area (Å²) >= 11 is 0. The fourth-order valence-electron chi connectivity index (χ4n) is 4.81. The van der Waals surface area contributed by atoms with Gasteiger partial charge in [0.05, 0.1) is 19.1 Å². The van der Waals surface area contributed by atoms with Gasteiger partial charge in [-0.3, -0.25) is 4.79 Å². The van der Waals surface area contributed by atoms with Crippen molar-refractivity contribution in [2.24, 2.45) is 17.3 Å². The van der Waals surface area contributed by atoms with Crippen LogP contribution in [0.2, 0.25) is 0 Å². The number of nitrogens with zero attached hydrogens (tertiary/aromatic N) is 1. The minimum absolute atomic E-state index is 0.0649. The number of alkyl halides is 3. The number of nitrogens with one attached hydrogen (secondary N) is 3.